The van der Waals surface area contributed by atoms with E-state index in [-0.39, 0.29) is 0 Å². The summed E-state index contributed by atoms with van der Waals surface area (Å²) < 4.78 is 10.8. The number of nitrogens with one attached hydrogen (secondary N) is 2. The Labute approximate surface area is 152 Å². The minimum atomic E-state index is 0.700. The number of thiophene rings is 1. The zero-order chi connectivity index (χ0) is 17.2. The molecule has 1 aliphatic rings. The molecule has 0 saturated carbocycles. The largest absolute Gasteiger partial charge is 0.469 e. The first kappa shape index (κ1) is 18.0. The number of aliphatic imine (C=N–C) groups is 1. The summed E-state index contributed by atoms with van der Waals surface area (Å²) in [4.78, 5) is 8.38. The van der Waals surface area contributed by atoms with Crippen molar-refractivity contribution >= 4 is 17.3 Å². The van der Waals surface area contributed by atoms with Crippen LogP contribution in [0.25, 0.3) is 0 Å². The van der Waals surface area contributed by atoms with E-state index < -0.39 is 0 Å². The Bertz CT molecular complexity index is 607. The van der Waals surface area contributed by atoms with Crippen molar-refractivity contribution in [2.24, 2.45) is 4.99 Å². The van der Waals surface area contributed by atoms with Gasteiger partial charge >= 0.3 is 0 Å². The molecule has 136 valence electrons. The van der Waals surface area contributed by atoms with Crippen LogP contribution in [0.5, 0.6) is 0 Å². The van der Waals surface area contributed by atoms with Crippen LogP contribution in [0.4, 0.5) is 0 Å². The molecule has 1 aliphatic heterocycles. The molecule has 0 unspecified atom stereocenters. The van der Waals surface area contributed by atoms with E-state index in [1.54, 1.807) is 17.6 Å². The molecule has 2 aromatic rings. The second-order valence-electron chi connectivity index (χ2n) is 5.88. The van der Waals surface area contributed by atoms with E-state index in [4.69, 9.17) is 14.1 Å². The van der Waals surface area contributed by atoms with Gasteiger partial charge in [0.25, 0.3) is 0 Å². The Kier molecular flexibility index (Phi) is 7.35. The highest BCUT2D eigenvalue weighted by atomic mass is 32.1. The summed E-state index contributed by atoms with van der Waals surface area (Å²) in [6.45, 7) is 7.05. The van der Waals surface area contributed by atoms with Crippen molar-refractivity contribution in [1.82, 2.24) is 15.5 Å². The summed E-state index contributed by atoms with van der Waals surface area (Å²) in [5, 5.41) is 8.92. The van der Waals surface area contributed by atoms with Gasteiger partial charge in [-0.2, -0.15) is 0 Å². The molecule has 0 aliphatic carbocycles. The topological polar surface area (TPSA) is 62.0 Å². The molecule has 25 heavy (non-hydrogen) atoms. The van der Waals surface area contributed by atoms with Gasteiger partial charge in [-0.15, -0.1) is 11.3 Å². The van der Waals surface area contributed by atoms with Crippen molar-refractivity contribution in [2.75, 3.05) is 45.9 Å². The Hall–Kier alpha value is -1.83. The van der Waals surface area contributed by atoms with E-state index in [0.717, 1.165) is 64.1 Å². The molecule has 6 nitrogen and oxygen atoms in total. The number of morpholine rings is 1. The van der Waals surface area contributed by atoms with Crippen molar-refractivity contribution < 1.29 is 9.15 Å². The summed E-state index contributed by atoms with van der Waals surface area (Å²) in [5.41, 5.74) is 0. The molecule has 0 radical (unpaired) electrons. The first-order valence-electron chi connectivity index (χ1n) is 8.77. The third-order valence-electron chi connectivity index (χ3n) is 4.04. The zero-order valence-electron chi connectivity index (χ0n) is 14.4. The second kappa shape index (κ2) is 10.2. The van der Waals surface area contributed by atoms with Crippen LogP contribution in [0.2, 0.25) is 0 Å². The average molecular weight is 362 g/mol. The summed E-state index contributed by atoms with van der Waals surface area (Å²) in [5.74, 6) is 1.84. The number of ether oxygens (including phenoxy) is 1. The molecule has 3 heterocycles. The van der Waals surface area contributed by atoms with Crippen molar-refractivity contribution in [2.45, 2.75) is 13.0 Å². The van der Waals surface area contributed by atoms with Gasteiger partial charge in [-0.05, 0) is 23.6 Å². The highest BCUT2D eigenvalue weighted by molar-refractivity contribution is 7.09. The van der Waals surface area contributed by atoms with Gasteiger partial charge in [0.1, 0.15) is 5.76 Å². The van der Waals surface area contributed by atoms with Gasteiger partial charge in [-0.25, -0.2) is 4.99 Å². The van der Waals surface area contributed by atoms with Gasteiger partial charge in [-0.1, -0.05) is 6.07 Å². The lowest BCUT2D eigenvalue weighted by Crippen LogP contribution is -2.44. The number of nitrogens with zero attached hydrogens (tertiary/aromatic N) is 2. The lowest BCUT2D eigenvalue weighted by Gasteiger charge is -2.26. The summed E-state index contributed by atoms with van der Waals surface area (Å²) in [6.07, 6.45) is 2.55. The third-order valence-corrected chi connectivity index (χ3v) is 4.90. The van der Waals surface area contributed by atoms with Gasteiger partial charge in [-0.3, -0.25) is 4.90 Å². The Morgan fingerprint density at radius 1 is 1.16 bits per heavy atom. The van der Waals surface area contributed by atoms with Crippen LogP contribution < -0.4 is 10.6 Å². The molecular formula is C18H26N4O2S. The van der Waals surface area contributed by atoms with Gasteiger partial charge in [0.2, 0.25) is 0 Å². The van der Waals surface area contributed by atoms with Gasteiger partial charge < -0.3 is 19.8 Å². The van der Waals surface area contributed by atoms with Crippen molar-refractivity contribution in [3.63, 3.8) is 0 Å². The summed E-state index contributed by atoms with van der Waals surface area (Å²) in [6, 6.07) is 8.09. The molecular weight excluding hydrogens is 336 g/mol. The molecule has 1 saturated heterocycles. The monoisotopic (exact) mass is 362 g/mol. The molecule has 0 aromatic carbocycles. The van der Waals surface area contributed by atoms with Gasteiger partial charge in [0, 0.05) is 44.0 Å². The summed E-state index contributed by atoms with van der Waals surface area (Å²) in [7, 11) is 0. The van der Waals surface area contributed by atoms with E-state index in [0.29, 0.717) is 6.54 Å². The fourth-order valence-corrected chi connectivity index (χ4v) is 3.28. The number of hydrogen-bond acceptors (Lipinski definition) is 5. The van der Waals surface area contributed by atoms with Crippen LogP contribution >= 0.6 is 11.3 Å². The third kappa shape index (κ3) is 6.53. The maximum absolute atomic E-state index is 5.39. The summed E-state index contributed by atoms with van der Waals surface area (Å²) >= 11 is 1.73. The van der Waals surface area contributed by atoms with Crippen LogP contribution in [0.15, 0.2) is 45.3 Å². The van der Waals surface area contributed by atoms with Crippen LogP contribution in [0.1, 0.15) is 10.6 Å². The van der Waals surface area contributed by atoms with Gasteiger partial charge in [0.15, 0.2) is 5.96 Å². The minimum absolute atomic E-state index is 0.700. The van der Waals surface area contributed by atoms with Gasteiger partial charge in [0.05, 0.1) is 26.0 Å². The van der Waals surface area contributed by atoms with Crippen molar-refractivity contribution in [3.8, 4) is 0 Å². The Balaban J connectivity index is 1.45. The molecule has 1 fully saturated rings. The van der Waals surface area contributed by atoms with Crippen LogP contribution in [0.3, 0.4) is 0 Å². The minimum Gasteiger partial charge on any atom is -0.469 e. The fraction of sp³-hybridized carbons (Fsp3) is 0.500. The van der Waals surface area contributed by atoms with Crippen LogP contribution in [0, 0.1) is 0 Å². The molecule has 0 atom stereocenters. The van der Waals surface area contributed by atoms with Crippen molar-refractivity contribution in [1.29, 1.82) is 0 Å². The predicted molar refractivity (Wildman–Crippen MR) is 101 cm³/mol. The number of furan rings is 1. The van der Waals surface area contributed by atoms with E-state index in [9.17, 15) is 0 Å². The Morgan fingerprint density at radius 3 is 2.80 bits per heavy atom. The smallest absolute Gasteiger partial charge is 0.191 e. The Morgan fingerprint density at radius 2 is 2.04 bits per heavy atom. The predicted octanol–water partition coefficient (Wildman–Crippen LogP) is 1.95. The molecule has 3 rings (SSSR count). The quantitative estimate of drug-likeness (QED) is 0.555. The molecule has 7 heteroatoms. The SMILES string of the molecule is c1coc(CCNC(=NCc2cccs2)NCCN2CCOCC2)c1. The standard InChI is InChI=1S/C18H26N4O2S/c1-3-16(24-11-1)5-6-19-18(21-15-17-4-2-14-25-17)20-7-8-22-9-12-23-13-10-22/h1-4,11,14H,5-10,12-13,15H2,(H2,19,20,21). The maximum Gasteiger partial charge on any atom is 0.191 e. The fourth-order valence-electron chi connectivity index (χ4n) is 2.65. The van der Waals surface area contributed by atoms with Crippen LogP contribution in [-0.2, 0) is 17.7 Å². The molecule has 0 spiro atoms. The first-order chi connectivity index (χ1) is 12.4. The number of rotatable bonds is 8. The van der Waals surface area contributed by atoms with Crippen LogP contribution in [-0.4, -0.2) is 56.8 Å². The molecule has 2 N–H and O–H groups in total. The highest BCUT2D eigenvalue weighted by Gasteiger charge is 2.09. The normalized spacial score (nSPS) is 16.1. The van der Waals surface area contributed by atoms with E-state index in [1.807, 2.05) is 12.1 Å². The maximum atomic E-state index is 5.39. The second-order valence-corrected chi connectivity index (χ2v) is 6.91. The molecule has 0 bridgehead atoms. The number of hydrogen-bond donors (Lipinski definition) is 2. The van der Waals surface area contributed by atoms with E-state index in [1.165, 1.54) is 4.88 Å². The number of guanidine groups is 1. The molecule has 0 amide bonds. The lowest BCUT2D eigenvalue weighted by atomic mass is 10.3. The highest BCUT2D eigenvalue weighted by Crippen LogP contribution is 2.09. The van der Waals surface area contributed by atoms with Crippen molar-refractivity contribution in [3.05, 3.63) is 46.5 Å². The van der Waals surface area contributed by atoms with E-state index in [2.05, 4.69) is 33.0 Å². The first-order valence-corrected chi connectivity index (χ1v) is 9.65. The lowest BCUT2D eigenvalue weighted by molar-refractivity contribution is 0.0389. The average Bonchev–Trinajstić information content (AvgIpc) is 3.34. The zero-order valence-corrected chi connectivity index (χ0v) is 15.3. The van der Waals surface area contributed by atoms with E-state index >= 15 is 0 Å². The molecule has 2 aromatic heterocycles.